The predicted molar refractivity (Wildman–Crippen MR) is 84.4 cm³/mol. The van der Waals surface area contributed by atoms with Gasteiger partial charge in [-0.1, -0.05) is 24.3 Å². The molecule has 0 aliphatic rings. The maximum atomic E-state index is 10.0. The first-order chi connectivity index (χ1) is 11.5. The Hall–Kier alpha value is -2.33. The monoisotopic (exact) mass is 410 g/mol. The van der Waals surface area contributed by atoms with Crippen LogP contribution >= 0.6 is 0 Å². The van der Waals surface area contributed by atoms with Gasteiger partial charge in [0.1, 0.15) is 11.6 Å². The fourth-order valence-corrected chi connectivity index (χ4v) is 2.03. The zero-order valence-electron chi connectivity index (χ0n) is 13.3. The van der Waals surface area contributed by atoms with Crippen LogP contribution in [0, 0.1) is 0 Å². The Morgan fingerprint density at radius 2 is 1.21 bits per heavy atom. The van der Waals surface area contributed by atoms with E-state index in [2.05, 4.69) is 34.2 Å². The molecule has 0 aliphatic carbocycles. The number of carbonyl (C=O) groups is 2. The van der Waals surface area contributed by atoms with Crippen molar-refractivity contribution in [3.63, 3.8) is 0 Å². The quantitative estimate of drug-likeness (QED) is 0.368. The van der Waals surface area contributed by atoms with Gasteiger partial charge >= 0.3 is 25.3 Å². The van der Waals surface area contributed by atoms with Gasteiger partial charge in [0, 0.05) is 23.2 Å². The average molecular weight is 408 g/mol. The average Bonchev–Trinajstić information content (AvgIpc) is 2.55. The number of fused-ring (bicyclic) bond motifs is 3. The number of ketones is 2. The van der Waals surface area contributed by atoms with Gasteiger partial charge in [-0.05, 0) is 26.0 Å². The van der Waals surface area contributed by atoms with Crippen LogP contribution in [0.5, 0.6) is 0 Å². The van der Waals surface area contributed by atoms with E-state index in [1.165, 1.54) is 13.8 Å². The maximum absolute atomic E-state index is 10.0. The third-order valence-corrected chi connectivity index (χ3v) is 2.84. The van der Waals surface area contributed by atoms with Crippen molar-refractivity contribution in [2.24, 2.45) is 0 Å². The maximum Gasteiger partial charge on any atom is 0.0964 e. The zero-order valence-corrected chi connectivity index (χ0v) is 15.3. The van der Waals surface area contributed by atoms with Crippen LogP contribution < -0.4 is 0 Å². The summed E-state index contributed by atoms with van der Waals surface area (Å²) in [5.41, 5.74) is 1.95. The van der Waals surface area contributed by atoms with E-state index in [1.807, 2.05) is 12.1 Å². The van der Waals surface area contributed by atoms with Gasteiger partial charge in [-0.25, -0.2) is 0 Å². The molecule has 1 aromatic carbocycles. The molecular formula is C17H16MoN2O4. The fraction of sp³-hybridized carbons (Fsp3) is 0.176. The van der Waals surface area contributed by atoms with E-state index in [1.54, 1.807) is 12.4 Å². The van der Waals surface area contributed by atoms with Crippen molar-refractivity contribution in [3.05, 3.63) is 48.8 Å². The Labute approximate surface area is 147 Å². The number of rotatable bonds is 2. The first-order valence-electron chi connectivity index (χ1n) is 6.98. The van der Waals surface area contributed by atoms with Crippen LogP contribution in [0.15, 0.2) is 48.8 Å². The molecule has 124 valence electrons. The summed E-state index contributed by atoms with van der Waals surface area (Å²) in [6.07, 6.45) is 3.69. The molecular weight excluding hydrogens is 392 g/mol. The molecule has 0 spiro atoms. The van der Waals surface area contributed by atoms with Crippen LogP contribution in [-0.2, 0) is 34.9 Å². The van der Waals surface area contributed by atoms with Crippen molar-refractivity contribution >= 4 is 33.4 Å². The summed E-state index contributed by atoms with van der Waals surface area (Å²) in [6.45, 7) is 2.81. The number of pyridine rings is 2. The number of nitrogens with zero attached hydrogens (tertiary/aromatic N) is 2. The molecule has 0 aliphatic heterocycles. The van der Waals surface area contributed by atoms with Gasteiger partial charge in [0.15, 0.2) is 0 Å². The van der Waals surface area contributed by atoms with Gasteiger partial charge in [-0.3, -0.25) is 19.6 Å². The molecule has 24 heavy (non-hydrogen) atoms. The molecule has 2 heterocycles. The van der Waals surface area contributed by atoms with Gasteiger partial charge < -0.3 is 0 Å². The predicted octanol–water partition coefficient (Wildman–Crippen LogP) is 3.10. The number of benzene rings is 1. The van der Waals surface area contributed by atoms with E-state index < -0.39 is 18.5 Å². The topological polar surface area (TPSA) is 94.1 Å². The zero-order chi connectivity index (χ0) is 17.9. The minimum atomic E-state index is -2.03. The standard InChI is InChI=1S/C12H8N2.C5H8O2.Mo.2O/c1-3-9-5-6-10-4-2-8-14-12(10)11(9)13-7-1;1-4(6)3-5(2)7;;;/h1-8H;3H2,1-2H3;;;. The summed E-state index contributed by atoms with van der Waals surface area (Å²) in [4.78, 5) is 28.8. The van der Waals surface area contributed by atoms with Crippen LogP contribution in [-0.4, -0.2) is 21.5 Å². The number of hydrogen-bond acceptors (Lipinski definition) is 6. The molecule has 3 aromatic rings. The molecule has 0 N–H and O–H groups in total. The summed E-state index contributed by atoms with van der Waals surface area (Å²) in [5, 5.41) is 2.28. The fourth-order valence-electron chi connectivity index (χ4n) is 2.03. The Kier molecular flexibility index (Phi) is 8.58. The molecule has 2 aromatic heterocycles. The van der Waals surface area contributed by atoms with Gasteiger partial charge in [-0.15, -0.1) is 0 Å². The van der Waals surface area contributed by atoms with Crippen molar-refractivity contribution in [1.29, 1.82) is 0 Å². The van der Waals surface area contributed by atoms with E-state index >= 15 is 0 Å². The summed E-state index contributed by atoms with van der Waals surface area (Å²) in [5.74, 6) is -0.125. The van der Waals surface area contributed by atoms with Crippen LogP contribution in [0.4, 0.5) is 0 Å². The van der Waals surface area contributed by atoms with Crippen molar-refractivity contribution < 1.29 is 34.9 Å². The van der Waals surface area contributed by atoms with Crippen molar-refractivity contribution in [1.82, 2.24) is 9.97 Å². The minimum Gasteiger partial charge on any atom is -0.254 e. The SMILES string of the molecule is CC(=O)CC(C)=O.[O]=[Mo]=[O].c1cnc2c(c1)ccc1cccnc12. The summed E-state index contributed by atoms with van der Waals surface area (Å²) in [6, 6.07) is 12.1. The summed E-state index contributed by atoms with van der Waals surface area (Å²) in [7, 11) is 0. The molecule has 0 saturated heterocycles. The molecule has 0 atom stereocenters. The molecule has 0 unspecified atom stereocenters. The van der Waals surface area contributed by atoms with Crippen LogP contribution in [0.25, 0.3) is 21.8 Å². The summed E-state index contributed by atoms with van der Waals surface area (Å²) < 4.78 is 17.0. The van der Waals surface area contributed by atoms with E-state index in [4.69, 9.17) is 6.80 Å². The summed E-state index contributed by atoms with van der Waals surface area (Å²) >= 11 is -2.03. The number of carbonyl (C=O) groups excluding carboxylic acids is 2. The van der Waals surface area contributed by atoms with E-state index in [0.29, 0.717) is 0 Å². The molecule has 7 heteroatoms. The molecule has 0 amide bonds. The van der Waals surface area contributed by atoms with Crippen LogP contribution in [0.2, 0.25) is 0 Å². The first kappa shape index (κ1) is 19.7. The molecule has 0 bridgehead atoms. The van der Waals surface area contributed by atoms with Gasteiger partial charge in [0.2, 0.25) is 0 Å². The number of Topliss-reactive ketones (excluding diaryl/α,β-unsaturated/α-hetero) is 2. The van der Waals surface area contributed by atoms with E-state index in [0.717, 1.165) is 21.8 Å². The molecule has 0 fully saturated rings. The number of hydrogen-bond donors (Lipinski definition) is 0. The normalized spacial score (nSPS) is 9.25. The minimum absolute atomic E-state index is 0.0625. The molecule has 0 saturated carbocycles. The Morgan fingerprint density at radius 1 is 0.833 bits per heavy atom. The second kappa shape index (κ2) is 10.4. The third kappa shape index (κ3) is 6.42. The van der Waals surface area contributed by atoms with Crippen molar-refractivity contribution in [2.45, 2.75) is 20.3 Å². The van der Waals surface area contributed by atoms with E-state index in [9.17, 15) is 9.59 Å². The molecule has 0 radical (unpaired) electrons. The van der Waals surface area contributed by atoms with Gasteiger partial charge in [0.25, 0.3) is 0 Å². The van der Waals surface area contributed by atoms with Crippen molar-refractivity contribution in [3.8, 4) is 0 Å². The van der Waals surface area contributed by atoms with Crippen molar-refractivity contribution in [2.75, 3.05) is 0 Å². The Balaban J connectivity index is 0.000000246. The molecule has 3 rings (SSSR count). The number of aromatic nitrogens is 2. The second-order valence-corrected chi connectivity index (χ2v) is 5.20. The van der Waals surface area contributed by atoms with Gasteiger partial charge in [-0.2, -0.15) is 0 Å². The van der Waals surface area contributed by atoms with Crippen LogP contribution in [0.3, 0.4) is 0 Å². The van der Waals surface area contributed by atoms with E-state index in [-0.39, 0.29) is 18.0 Å². The van der Waals surface area contributed by atoms with Crippen LogP contribution in [0.1, 0.15) is 20.3 Å². The molecule has 6 nitrogen and oxygen atoms in total. The first-order valence-corrected chi connectivity index (χ1v) is 8.62. The second-order valence-electron chi connectivity index (χ2n) is 4.86. The van der Waals surface area contributed by atoms with Gasteiger partial charge in [0.05, 0.1) is 17.5 Å². The Morgan fingerprint density at radius 3 is 1.50 bits per heavy atom. The smallest absolute Gasteiger partial charge is 0.0964 e. The third-order valence-electron chi connectivity index (χ3n) is 2.84. The Bertz CT molecular complexity index is 823. The largest absolute Gasteiger partial charge is 0.254 e.